The van der Waals surface area contributed by atoms with Crippen molar-refractivity contribution < 1.29 is 14.8 Å². The number of nitrogens with zero attached hydrogens (tertiary/aromatic N) is 4. The third-order valence-electron chi connectivity index (χ3n) is 4.00. The molecular weight excluding hydrogens is 392 g/mol. The summed E-state index contributed by atoms with van der Waals surface area (Å²) in [7, 11) is 0. The van der Waals surface area contributed by atoms with Gasteiger partial charge in [-0.25, -0.2) is 9.55 Å². The van der Waals surface area contributed by atoms with E-state index in [0.29, 0.717) is 5.82 Å². The molecule has 2 aromatic rings. The predicted molar refractivity (Wildman–Crippen MR) is 116 cm³/mol. The molecule has 1 heterocycles. The van der Waals surface area contributed by atoms with Crippen molar-refractivity contribution in [3.63, 3.8) is 0 Å². The number of aliphatic hydroxyl groups excluding tert-OH is 1. The molecule has 8 nitrogen and oxygen atoms in total. The number of carbonyl (C=O) groups excluding carboxylic acids is 1. The van der Waals surface area contributed by atoms with E-state index in [0.717, 1.165) is 31.7 Å². The normalized spacial score (nSPS) is 10.2. The molecule has 0 aliphatic carbocycles. The first-order chi connectivity index (χ1) is 13.9. The van der Waals surface area contributed by atoms with E-state index in [-0.39, 0.29) is 24.2 Å². The Morgan fingerprint density at radius 2 is 1.86 bits per heavy atom. The summed E-state index contributed by atoms with van der Waals surface area (Å²) in [5.74, 6) is 1.22. The van der Waals surface area contributed by atoms with Gasteiger partial charge in [0, 0.05) is 25.8 Å². The highest BCUT2D eigenvalue weighted by Crippen LogP contribution is 2.16. The quantitative estimate of drug-likeness (QED) is 0.479. The average molecular weight is 423 g/mol. The molecule has 2 rings (SSSR count). The van der Waals surface area contributed by atoms with Crippen LogP contribution in [0, 0.1) is 17.0 Å². The van der Waals surface area contributed by atoms with Crippen LogP contribution in [0.4, 0.5) is 10.6 Å². The van der Waals surface area contributed by atoms with Gasteiger partial charge in [-0.1, -0.05) is 55.9 Å². The molecule has 29 heavy (non-hydrogen) atoms. The third kappa shape index (κ3) is 8.66. The second kappa shape index (κ2) is 13.7. The number of benzene rings is 1. The van der Waals surface area contributed by atoms with Crippen LogP contribution in [0.3, 0.4) is 0 Å². The molecule has 0 spiro atoms. The van der Waals surface area contributed by atoms with Gasteiger partial charge in [-0.3, -0.25) is 4.79 Å². The van der Waals surface area contributed by atoms with Gasteiger partial charge < -0.3 is 20.1 Å². The summed E-state index contributed by atoms with van der Waals surface area (Å²) in [5, 5.41) is 19.2. The summed E-state index contributed by atoms with van der Waals surface area (Å²) in [6.45, 7) is 7.70. The summed E-state index contributed by atoms with van der Waals surface area (Å²) >= 11 is 1.40. The van der Waals surface area contributed by atoms with Gasteiger partial charge in [0.1, 0.15) is 12.7 Å². The average Bonchev–Trinajstić information content (AvgIpc) is 3.08. The maximum absolute atomic E-state index is 12.0. The smallest absolute Gasteiger partial charge is 0.342 e. The van der Waals surface area contributed by atoms with Crippen LogP contribution < -0.4 is 0 Å². The Hall–Kier alpha value is -2.39. The van der Waals surface area contributed by atoms with Gasteiger partial charge in [0.2, 0.25) is 0 Å². The minimum absolute atomic E-state index is 0.0819. The van der Waals surface area contributed by atoms with E-state index in [4.69, 9.17) is 5.11 Å². The largest absolute Gasteiger partial charge is 0.392 e. The lowest BCUT2D eigenvalue weighted by Gasteiger charge is -2.20. The molecule has 0 atom stereocenters. The molecule has 0 aliphatic heterocycles. The van der Waals surface area contributed by atoms with Crippen molar-refractivity contribution in [1.29, 1.82) is 0 Å². The van der Waals surface area contributed by atoms with Gasteiger partial charge >= 0.3 is 5.82 Å². The third-order valence-corrected chi connectivity index (χ3v) is 4.98. The zero-order chi connectivity index (χ0) is 21.6. The molecule has 0 aliphatic rings. The number of carbonyl (C=O) groups is 1. The molecule has 0 unspecified atom stereocenters. The number of amides is 1. The second-order valence-electron chi connectivity index (χ2n) is 6.32. The topological polar surface area (TPSA) is 102 Å². The zero-order valence-electron chi connectivity index (χ0n) is 17.3. The molecule has 0 bridgehead atoms. The van der Waals surface area contributed by atoms with E-state index in [9.17, 15) is 14.9 Å². The van der Waals surface area contributed by atoms with Crippen LogP contribution in [-0.4, -0.2) is 49.4 Å². The van der Waals surface area contributed by atoms with Crippen molar-refractivity contribution in [2.75, 3.05) is 19.7 Å². The van der Waals surface area contributed by atoms with E-state index in [1.165, 1.54) is 28.1 Å². The Balaban J connectivity index is 0.000000308. The van der Waals surface area contributed by atoms with Crippen LogP contribution in [0.2, 0.25) is 0 Å². The predicted octanol–water partition coefficient (Wildman–Crippen LogP) is 4.25. The SMILES string of the molecule is CCCN(CCC)C(=O)SCc1ccccc1.Cc1ncc([N+](=O)[O-])n1CCO. The van der Waals surface area contributed by atoms with Crippen LogP contribution in [0.15, 0.2) is 36.5 Å². The van der Waals surface area contributed by atoms with Gasteiger partial charge in [-0.2, -0.15) is 0 Å². The molecule has 1 aromatic carbocycles. The number of aromatic nitrogens is 2. The highest BCUT2D eigenvalue weighted by Gasteiger charge is 2.15. The van der Waals surface area contributed by atoms with Crippen molar-refractivity contribution in [2.24, 2.45) is 0 Å². The minimum Gasteiger partial charge on any atom is -0.392 e. The van der Waals surface area contributed by atoms with E-state index in [2.05, 4.69) is 31.0 Å². The first-order valence-corrected chi connectivity index (χ1v) is 10.7. The number of hydrogen-bond acceptors (Lipinski definition) is 6. The van der Waals surface area contributed by atoms with Crippen molar-refractivity contribution in [1.82, 2.24) is 14.5 Å². The highest BCUT2D eigenvalue weighted by molar-refractivity contribution is 8.12. The number of aryl methyl sites for hydroxylation is 1. The molecular formula is C20H30N4O4S. The molecule has 1 amide bonds. The van der Waals surface area contributed by atoms with Crippen molar-refractivity contribution in [3.8, 4) is 0 Å². The minimum atomic E-state index is -0.518. The van der Waals surface area contributed by atoms with E-state index in [1.807, 2.05) is 23.1 Å². The Kier molecular flexibility index (Phi) is 11.7. The zero-order valence-corrected chi connectivity index (χ0v) is 18.1. The van der Waals surface area contributed by atoms with Crippen molar-refractivity contribution in [3.05, 3.63) is 58.0 Å². The van der Waals surface area contributed by atoms with E-state index < -0.39 is 4.92 Å². The summed E-state index contributed by atoms with van der Waals surface area (Å²) < 4.78 is 1.36. The van der Waals surface area contributed by atoms with Crippen LogP contribution >= 0.6 is 11.8 Å². The summed E-state index contributed by atoms with van der Waals surface area (Å²) in [4.78, 5) is 27.6. The fourth-order valence-electron chi connectivity index (χ4n) is 2.62. The lowest BCUT2D eigenvalue weighted by atomic mass is 10.2. The van der Waals surface area contributed by atoms with E-state index >= 15 is 0 Å². The van der Waals surface area contributed by atoms with Gasteiger partial charge in [0.15, 0.2) is 5.82 Å². The highest BCUT2D eigenvalue weighted by atomic mass is 32.2. The van der Waals surface area contributed by atoms with Gasteiger partial charge in [0.25, 0.3) is 5.24 Å². The summed E-state index contributed by atoms with van der Waals surface area (Å²) in [6, 6.07) is 10.1. The molecule has 0 fully saturated rings. The number of thioether (sulfide) groups is 1. The molecule has 0 saturated carbocycles. The molecule has 1 N–H and O–H groups in total. The number of rotatable bonds is 9. The number of nitro groups is 1. The van der Waals surface area contributed by atoms with Crippen LogP contribution in [-0.2, 0) is 12.3 Å². The molecule has 0 saturated heterocycles. The monoisotopic (exact) mass is 422 g/mol. The maximum atomic E-state index is 12.0. The maximum Gasteiger partial charge on any atom is 0.342 e. The van der Waals surface area contributed by atoms with E-state index in [1.54, 1.807) is 6.92 Å². The number of imidazole rings is 1. The lowest BCUT2D eigenvalue weighted by molar-refractivity contribution is -0.392. The number of aliphatic hydroxyl groups is 1. The lowest BCUT2D eigenvalue weighted by Crippen LogP contribution is -2.29. The van der Waals surface area contributed by atoms with Gasteiger partial charge in [0.05, 0.1) is 6.61 Å². The molecule has 9 heteroatoms. The molecule has 0 radical (unpaired) electrons. The van der Waals surface area contributed by atoms with Crippen LogP contribution in [0.1, 0.15) is 38.1 Å². The summed E-state index contributed by atoms with van der Waals surface area (Å²) in [5.41, 5.74) is 1.21. The Labute approximate surface area is 176 Å². The fraction of sp³-hybridized carbons (Fsp3) is 0.500. The number of hydrogen-bond donors (Lipinski definition) is 1. The Morgan fingerprint density at radius 1 is 1.24 bits per heavy atom. The van der Waals surface area contributed by atoms with Gasteiger partial charge in [-0.05, 0) is 23.3 Å². The van der Waals surface area contributed by atoms with Crippen LogP contribution in [0.25, 0.3) is 0 Å². The molecule has 160 valence electrons. The van der Waals surface area contributed by atoms with Gasteiger partial charge in [-0.15, -0.1) is 0 Å². The first kappa shape index (κ1) is 24.6. The Morgan fingerprint density at radius 3 is 2.38 bits per heavy atom. The first-order valence-electron chi connectivity index (χ1n) is 9.67. The standard InChI is InChI=1S/C14H21NOS.C6H9N3O3/c1-3-10-15(11-4-2)14(16)17-12-13-8-6-5-7-9-13;1-5-7-4-6(9(11)12)8(5)2-3-10/h5-9H,3-4,10-12H2,1-2H3;4,10H,2-3H2,1H3. The second-order valence-corrected chi connectivity index (χ2v) is 7.25. The van der Waals surface area contributed by atoms with Crippen molar-refractivity contribution in [2.45, 2.75) is 45.9 Å². The van der Waals surface area contributed by atoms with Crippen LogP contribution in [0.5, 0.6) is 0 Å². The summed E-state index contributed by atoms with van der Waals surface area (Å²) in [6.07, 6.45) is 3.24. The molecule has 1 aromatic heterocycles. The Bertz CT molecular complexity index is 746. The van der Waals surface area contributed by atoms with Crippen molar-refractivity contribution >= 4 is 22.8 Å². The fourth-order valence-corrected chi connectivity index (χ4v) is 3.47.